The Bertz CT molecular complexity index is 225. The van der Waals surface area contributed by atoms with Gasteiger partial charge >= 0.3 is 11.9 Å². The Balaban J connectivity index is 0. The van der Waals surface area contributed by atoms with Crippen molar-refractivity contribution >= 4 is 24.3 Å². The van der Waals surface area contributed by atoms with Crippen LogP contribution in [-0.2, 0) is 19.1 Å². The number of rotatable bonds is 3. The van der Waals surface area contributed by atoms with Crippen LogP contribution in [0.4, 0.5) is 0 Å². The molecule has 2 N–H and O–H groups in total. The highest BCUT2D eigenvalue weighted by molar-refractivity contribution is 5.99. The third-order valence-electron chi connectivity index (χ3n) is 1.20. The molecular weight excluding hydrogens is 222 g/mol. The molecule has 90 valence electrons. The maximum absolute atomic E-state index is 11.2. The molecule has 1 atom stereocenters. The van der Waals surface area contributed by atoms with E-state index in [4.69, 9.17) is 10.5 Å². The molecular formula is C9H18ClNO4. The second-order valence-electron chi connectivity index (χ2n) is 3.76. The average molecular weight is 240 g/mol. The van der Waals surface area contributed by atoms with E-state index >= 15 is 0 Å². The third-order valence-corrected chi connectivity index (χ3v) is 1.20. The maximum Gasteiger partial charge on any atom is 0.335 e. The van der Waals surface area contributed by atoms with Crippen LogP contribution >= 0.6 is 12.4 Å². The SMILES string of the molecule is CCOC(=O)C(N)C(=O)OC(C)(C)C.Cl. The Morgan fingerprint density at radius 1 is 1.27 bits per heavy atom. The summed E-state index contributed by atoms with van der Waals surface area (Å²) in [6, 6.07) is -1.35. The predicted molar refractivity (Wildman–Crippen MR) is 57.7 cm³/mol. The second-order valence-corrected chi connectivity index (χ2v) is 3.76. The molecule has 15 heavy (non-hydrogen) atoms. The molecule has 5 nitrogen and oxygen atoms in total. The van der Waals surface area contributed by atoms with Gasteiger partial charge in [-0.05, 0) is 27.7 Å². The zero-order valence-electron chi connectivity index (χ0n) is 9.40. The summed E-state index contributed by atoms with van der Waals surface area (Å²) < 4.78 is 9.48. The Kier molecular flexibility index (Phi) is 7.35. The van der Waals surface area contributed by atoms with E-state index in [0.717, 1.165) is 0 Å². The molecule has 0 rings (SSSR count). The molecule has 0 heterocycles. The van der Waals surface area contributed by atoms with Gasteiger partial charge in [0.2, 0.25) is 6.04 Å². The van der Waals surface area contributed by atoms with Crippen molar-refractivity contribution in [3.05, 3.63) is 0 Å². The summed E-state index contributed by atoms with van der Waals surface area (Å²) in [5.41, 5.74) is 4.65. The van der Waals surface area contributed by atoms with Crippen LogP contribution < -0.4 is 5.73 Å². The van der Waals surface area contributed by atoms with E-state index in [1.807, 2.05) is 0 Å². The predicted octanol–water partition coefficient (Wildman–Crippen LogP) is 0.640. The molecule has 0 aromatic heterocycles. The van der Waals surface area contributed by atoms with E-state index in [1.54, 1.807) is 27.7 Å². The number of hydrogen-bond acceptors (Lipinski definition) is 5. The number of ether oxygens (including phenoxy) is 2. The summed E-state index contributed by atoms with van der Waals surface area (Å²) in [6.07, 6.45) is 0. The first kappa shape index (κ1) is 16.6. The van der Waals surface area contributed by atoms with Crippen LogP contribution in [0.3, 0.4) is 0 Å². The first-order chi connectivity index (χ1) is 6.28. The lowest BCUT2D eigenvalue weighted by molar-refractivity contribution is -0.163. The Labute approximate surface area is 95.7 Å². The number of carbonyl (C=O) groups excluding carboxylic acids is 2. The molecule has 6 heteroatoms. The van der Waals surface area contributed by atoms with Gasteiger partial charge in [0.15, 0.2) is 0 Å². The lowest BCUT2D eigenvalue weighted by Crippen LogP contribution is -2.43. The molecule has 0 amide bonds. The van der Waals surface area contributed by atoms with Crippen molar-refractivity contribution in [2.24, 2.45) is 5.73 Å². The molecule has 0 fully saturated rings. The molecule has 0 aliphatic rings. The molecule has 0 spiro atoms. The summed E-state index contributed by atoms with van der Waals surface area (Å²) in [6.45, 7) is 6.92. The van der Waals surface area contributed by atoms with Crippen LogP contribution in [0, 0.1) is 0 Å². The zero-order valence-corrected chi connectivity index (χ0v) is 10.2. The quantitative estimate of drug-likeness (QED) is 0.578. The molecule has 0 saturated carbocycles. The standard InChI is InChI=1S/C9H17NO4.ClH/c1-5-13-7(11)6(10)8(12)14-9(2,3)4;/h6H,5,10H2,1-4H3;1H. The van der Waals surface area contributed by atoms with Crippen molar-refractivity contribution in [2.75, 3.05) is 6.61 Å². The molecule has 0 aliphatic carbocycles. The molecule has 0 saturated heterocycles. The van der Waals surface area contributed by atoms with Gasteiger partial charge in [-0.15, -0.1) is 12.4 Å². The van der Waals surface area contributed by atoms with Gasteiger partial charge in [-0.3, -0.25) is 0 Å². The van der Waals surface area contributed by atoms with Gasteiger partial charge in [0.05, 0.1) is 6.61 Å². The van der Waals surface area contributed by atoms with E-state index in [1.165, 1.54) is 0 Å². The topological polar surface area (TPSA) is 78.6 Å². The Hall–Kier alpha value is -0.810. The smallest absolute Gasteiger partial charge is 0.335 e. The molecule has 1 unspecified atom stereocenters. The first-order valence-electron chi connectivity index (χ1n) is 4.43. The number of halogens is 1. The number of esters is 2. The van der Waals surface area contributed by atoms with Crippen molar-refractivity contribution < 1.29 is 19.1 Å². The summed E-state index contributed by atoms with van der Waals surface area (Å²) in [5, 5.41) is 0. The minimum atomic E-state index is -1.35. The zero-order chi connectivity index (χ0) is 11.4. The summed E-state index contributed by atoms with van der Waals surface area (Å²) in [7, 11) is 0. The van der Waals surface area contributed by atoms with Gasteiger partial charge in [-0.2, -0.15) is 0 Å². The van der Waals surface area contributed by atoms with Crippen molar-refractivity contribution in [3.8, 4) is 0 Å². The number of carbonyl (C=O) groups is 2. The van der Waals surface area contributed by atoms with Crippen molar-refractivity contribution in [1.82, 2.24) is 0 Å². The molecule has 0 aromatic rings. The highest BCUT2D eigenvalue weighted by atomic mass is 35.5. The largest absolute Gasteiger partial charge is 0.464 e. The molecule has 0 bridgehead atoms. The normalized spacial score (nSPS) is 12.3. The van der Waals surface area contributed by atoms with Crippen LogP contribution in [-0.4, -0.2) is 30.2 Å². The van der Waals surface area contributed by atoms with E-state index in [2.05, 4.69) is 4.74 Å². The van der Waals surface area contributed by atoms with Gasteiger partial charge in [0, 0.05) is 0 Å². The molecule has 0 aromatic carbocycles. The monoisotopic (exact) mass is 239 g/mol. The lowest BCUT2D eigenvalue weighted by Gasteiger charge is -2.21. The summed E-state index contributed by atoms with van der Waals surface area (Å²) in [4.78, 5) is 22.2. The van der Waals surface area contributed by atoms with E-state index in [9.17, 15) is 9.59 Å². The van der Waals surface area contributed by atoms with Crippen LogP contribution in [0.1, 0.15) is 27.7 Å². The fraction of sp³-hybridized carbons (Fsp3) is 0.778. The van der Waals surface area contributed by atoms with Crippen molar-refractivity contribution in [2.45, 2.75) is 39.3 Å². The lowest BCUT2D eigenvalue weighted by atomic mass is 10.2. The van der Waals surface area contributed by atoms with Gasteiger partial charge < -0.3 is 15.2 Å². The van der Waals surface area contributed by atoms with E-state index in [0.29, 0.717) is 0 Å². The Morgan fingerprint density at radius 2 is 1.73 bits per heavy atom. The number of hydrogen-bond donors (Lipinski definition) is 1. The van der Waals surface area contributed by atoms with Gasteiger partial charge in [0.1, 0.15) is 5.60 Å². The average Bonchev–Trinajstić information content (AvgIpc) is 2.00. The molecule has 0 radical (unpaired) electrons. The van der Waals surface area contributed by atoms with Gasteiger partial charge in [-0.1, -0.05) is 0 Å². The van der Waals surface area contributed by atoms with Crippen molar-refractivity contribution in [1.29, 1.82) is 0 Å². The maximum atomic E-state index is 11.2. The van der Waals surface area contributed by atoms with E-state index < -0.39 is 23.6 Å². The minimum Gasteiger partial charge on any atom is -0.464 e. The van der Waals surface area contributed by atoms with Crippen molar-refractivity contribution in [3.63, 3.8) is 0 Å². The first-order valence-corrected chi connectivity index (χ1v) is 4.43. The molecule has 0 aliphatic heterocycles. The Morgan fingerprint density at radius 3 is 2.07 bits per heavy atom. The van der Waals surface area contributed by atoms with Crippen LogP contribution in [0.2, 0.25) is 0 Å². The minimum absolute atomic E-state index is 0. The van der Waals surface area contributed by atoms with E-state index in [-0.39, 0.29) is 19.0 Å². The van der Waals surface area contributed by atoms with Crippen LogP contribution in [0.15, 0.2) is 0 Å². The fourth-order valence-corrected chi connectivity index (χ4v) is 0.694. The third kappa shape index (κ3) is 7.16. The fourth-order valence-electron chi connectivity index (χ4n) is 0.694. The highest BCUT2D eigenvalue weighted by Gasteiger charge is 2.28. The second kappa shape index (κ2) is 6.63. The number of nitrogens with two attached hydrogens (primary N) is 1. The van der Waals surface area contributed by atoms with Gasteiger partial charge in [0.25, 0.3) is 0 Å². The summed E-state index contributed by atoms with van der Waals surface area (Å²) in [5.74, 6) is -1.53. The van der Waals surface area contributed by atoms with Gasteiger partial charge in [-0.25, -0.2) is 9.59 Å². The highest BCUT2D eigenvalue weighted by Crippen LogP contribution is 2.08. The van der Waals surface area contributed by atoms with Crippen LogP contribution in [0.25, 0.3) is 0 Å². The van der Waals surface area contributed by atoms with Crippen LogP contribution in [0.5, 0.6) is 0 Å². The summed E-state index contributed by atoms with van der Waals surface area (Å²) >= 11 is 0.